The quantitative estimate of drug-likeness (QED) is 0.875. The molecule has 2 aromatic rings. The molecule has 0 aliphatic carbocycles. The average molecular weight is 341 g/mol. The van der Waals surface area contributed by atoms with E-state index in [1.807, 2.05) is 12.1 Å². The van der Waals surface area contributed by atoms with E-state index in [9.17, 15) is 0 Å². The van der Waals surface area contributed by atoms with E-state index >= 15 is 0 Å². The van der Waals surface area contributed by atoms with Gasteiger partial charge in [0, 0.05) is 44.0 Å². The zero-order valence-electron chi connectivity index (χ0n) is 15.0. The number of rotatable bonds is 6. The number of hydrogen-bond donors (Lipinski definition) is 1. The van der Waals surface area contributed by atoms with Gasteiger partial charge in [-0.05, 0) is 18.2 Å². The van der Waals surface area contributed by atoms with Crippen molar-refractivity contribution < 1.29 is 9.47 Å². The van der Waals surface area contributed by atoms with Crippen LogP contribution in [-0.2, 0) is 0 Å². The number of benzene rings is 2. The molecule has 1 fully saturated rings. The van der Waals surface area contributed by atoms with E-state index in [1.165, 1.54) is 5.69 Å². The first kappa shape index (κ1) is 17.6. The van der Waals surface area contributed by atoms with E-state index in [0.29, 0.717) is 6.54 Å². The molecule has 5 heteroatoms. The standard InChI is InChI=1S/C20H27N3O2/c1-24-19-10-6-9-17(20(19)25-2)18(15-21)23-13-11-22(12-14-23)16-7-4-3-5-8-16/h3-10,18H,11-15,21H2,1-2H3. The maximum Gasteiger partial charge on any atom is 0.165 e. The Bertz CT molecular complexity index is 670. The molecule has 0 saturated carbocycles. The van der Waals surface area contributed by atoms with Crippen LogP contribution in [0.5, 0.6) is 11.5 Å². The van der Waals surface area contributed by atoms with Crippen LogP contribution in [0.2, 0.25) is 0 Å². The third-order valence-corrected chi connectivity index (χ3v) is 4.89. The lowest BCUT2D eigenvalue weighted by atomic mass is 10.0. The van der Waals surface area contributed by atoms with E-state index in [1.54, 1.807) is 14.2 Å². The van der Waals surface area contributed by atoms with Gasteiger partial charge in [-0.3, -0.25) is 4.90 Å². The Morgan fingerprint density at radius 2 is 1.64 bits per heavy atom. The number of ether oxygens (including phenoxy) is 2. The molecule has 3 rings (SSSR count). The number of para-hydroxylation sites is 2. The summed E-state index contributed by atoms with van der Waals surface area (Å²) < 4.78 is 11.1. The molecule has 1 aliphatic rings. The molecule has 1 atom stereocenters. The van der Waals surface area contributed by atoms with E-state index < -0.39 is 0 Å². The second-order valence-electron chi connectivity index (χ2n) is 6.19. The van der Waals surface area contributed by atoms with E-state index in [2.05, 4.69) is 46.2 Å². The first-order chi connectivity index (χ1) is 12.3. The highest BCUT2D eigenvalue weighted by Gasteiger charge is 2.27. The SMILES string of the molecule is COc1cccc(C(CN)N2CCN(c3ccccc3)CC2)c1OC. The summed E-state index contributed by atoms with van der Waals surface area (Å²) >= 11 is 0. The van der Waals surface area contributed by atoms with Crippen molar-refractivity contribution in [3.63, 3.8) is 0 Å². The van der Waals surface area contributed by atoms with E-state index in [4.69, 9.17) is 15.2 Å². The number of methoxy groups -OCH3 is 2. The molecule has 2 N–H and O–H groups in total. The second-order valence-corrected chi connectivity index (χ2v) is 6.19. The molecule has 1 aliphatic heterocycles. The van der Waals surface area contributed by atoms with Crippen LogP contribution in [0.4, 0.5) is 5.69 Å². The first-order valence-corrected chi connectivity index (χ1v) is 8.73. The van der Waals surface area contributed by atoms with Crippen molar-refractivity contribution in [3.8, 4) is 11.5 Å². The largest absolute Gasteiger partial charge is 0.493 e. The van der Waals surface area contributed by atoms with Gasteiger partial charge < -0.3 is 20.1 Å². The summed E-state index contributed by atoms with van der Waals surface area (Å²) in [6.45, 7) is 4.47. The fourth-order valence-electron chi connectivity index (χ4n) is 3.58. The predicted molar refractivity (Wildman–Crippen MR) is 102 cm³/mol. The number of piperazine rings is 1. The summed E-state index contributed by atoms with van der Waals surface area (Å²) in [5.41, 5.74) is 8.52. The Labute approximate surface area is 149 Å². The van der Waals surface area contributed by atoms with Crippen LogP contribution >= 0.6 is 0 Å². The van der Waals surface area contributed by atoms with Crippen molar-refractivity contribution in [2.24, 2.45) is 5.73 Å². The maximum absolute atomic E-state index is 6.14. The molecule has 0 amide bonds. The van der Waals surface area contributed by atoms with Gasteiger partial charge in [-0.15, -0.1) is 0 Å². The van der Waals surface area contributed by atoms with Crippen LogP contribution in [0.15, 0.2) is 48.5 Å². The van der Waals surface area contributed by atoms with Gasteiger partial charge in [-0.1, -0.05) is 30.3 Å². The topological polar surface area (TPSA) is 51.0 Å². The van der Waals surface area contributed by atoms with E-state index in [-0.39, 0.29) is 6.04 Å². The molecule has 134 valence electrons. The Kier molecular flexibility index (Phi) is 5.79. The fraction of sp³-hybridized carbons (Fsp3) is 0.400. The normalized spacial score (nSPS) is 16.5. The van der Waals surface area contributed by atoms with E-state index in [0.717, 1.165) is 43.2 Å². The van der Waals surface area contributed by atoms with Gasteiger partial charge in [0.2, 0.25) is 0 Å². The van der Waals surface area contributed by atoms with Crippen LogP contribution < -0.4 is 20.1 Å². The van der Waals surface area contributed by atoms with Crippen molar-refractivity contribution >= 4 is 5.69 Å². The fourth-order valence-corrected chi connectivity index (χ4v) is 3.58. The van der Waals surface area contributed by atoms with Gasteiger partial charge >= 0.3 is 0 Å². The molecule has 0 radical (unpaired) electrons. The van der Waals surface area contributed by atoms with Gasteiger partial charge in [-0.25, -0.2) is 0 Å². The highest BCUT2D eigenvalue weighted by atomic mass is 16.5. The van der Waals surface area contributed by atoms with Crippen molar-refractivity contribution in [2.75, 3.05) is 51.8 Å². The molecule has 1 heterocycles. The molecule has 0 spiro atoms. The van der Waals surface area contributed by atoms with Crippen molar-refractivity contribution in [1.82, 2.24) is 4.90 Å². The Balaban J connectivity index is 1.75. The number of nitrogens with two attached hydrogens (primary N) is 1. The maximum atomic E-state index is 6.14. The number of nitrogens with zero attached hydrogens (tertiary/aromatic N) is 2. The Morgan fingerprint density at radius 3 is 2.24 bits per heavy atom. The van der Waals surface area contributed by atoms with Crippen LogP contribution in [0.1, 0.15) is 11.6 Å². The summed E-state index contributed by atoms with van der Waals surface area (Å²) in [6, 6.07) is 16.7. The lowest BCUT2D eigenvalue weighted by Gasteiger charge is -2.40. The molecule has 1 unspecified atom stereocenters. The number of anilines is 1. The highest BCUT2D eigenvalue weighted by molar-refractivity contribution is 5.49. The molecule has 0 bridgehead atoms. The van der Waals surface area contributed by atoms with Crippen LogP contribution in [0.3, 0.4) is 0 Å². The molecule has 0 aromatic heterocycles. The molecular weight excluding hydrogens is 314 g/mol. The zero-order chi connectivity index (χ0) is 17.6. The van der Waals surface area contributed by atoms with Gasteiger partial charge in [0.25, 0.3) is 0 Å². The average Bonchev–Trinajstić information content (AvgIpc) is 2.69. The summed E-state index contributed by atoms with van der Waals surface area (Å²) in [7, 11) is 3.35. The minimum absolute atomic E-state index is 0.128. The van der Waals surface area contributed by atoms with Gasteiger partial charge in [-0.2, -0.15) is 0 Å². The molecular formula is C20H27N3O2. The van der Waals surface area contributed by atoms with Gasteiger partial charge in [0.15, 0.2) is 11.5 Å². The second kappa shape index (κ2) is 8.23. The summed E-state index contributed by atoms with van der Waals surface area (Å²) in [6.07, 6.45) is 0. The monoisotopic (exact) mass is 341 g/mol. The predicted octanol–water partition coefficient (Wildman–Crippen LogP) is 2.53. The lowest BCUT2D eigenvalue weighted by Crippen LogP contribution is -2.49. The van der Waals surface area contributed by atoms with Crippen molar-refractivity contribution in [2.45, 2.75) is 6.04 Å². The lowest BCUT2D eigenvalue weighted by molar-refractivity contribution is 0.186. The van der Waals surface area contributed by atoms with Crippen LogP contribution in [-0.4, -0.2) is 51.8 Å². The molecule has 5 nitrogen and oxygen atoms in total. The number of hydrogen-bond acceptors (Lipinski definition) is 5. The smallest absolute Gasteiger partial charge is 0.165 e. The summed E-state index contributed by atoms with van der Waals surface area (Å²) in [5, 5.41) is 0. The highest BCUT2D eigenvalue weighted by Crippen LogP contribution is 2.37. The molecule has 25 heavy (non-hydrogen) atoms. The van der Waals surface area contributed by atoms with Crippen LogP contribution in [0, 0.1) is 0 Å². The third kappa shape index (κ3) is 3.72. The first-order valence-electron chi connectivity index (χ1n) is 8.73. The minimum Gasteiger partial charge on any atom is -0.493 e. The van der Waals surface area contributed by atoms with Gasteiger partial charge in [0.1, 0.15) is 0 Å². The van der Waals surface area contributed by atoms with Gasteiger partial charge in [0.05, 0.1) is 20.3 Å². The van der Waals surface area contributed by atoms with Crippen molar-refractivity contribution in [3.05, 3.63) is 54.1 Å². The molecule has 1 saturated heterocycles. The van der Waals surface area contributed by atoms with Crippen LogP contribution in [0.25, 0.3) is 0 Å². The minimum atomic E-state index is 0.128. The summed E-state index contributed by atoms with van der Waals surface area (Å²) in [5.74, 6) is 1.53. The zero-order valence-corrected chi connectivity index (χ0v) is 15.0. The molecule has 2 aromatic carbocycles. The van der Waals surface area contributed by atoms with Crippen molar-refractivity contribution in [1.29, 1.82) is 0 Å². The summed E-state index contributed by atoms with van der Waals surface area (Å²) in [4.78, 5) is 4.86. The third-order valence-electron chi connectivity index (χ3n) is 4.89. The Morgan fingerprint density at radius 1 is 0.920 bits per heavy atom. The Hall–Kier alpha value is -2.24.